The fraction of sp³-hybridized carbons (Fsp3) is 0.308. The summed E-state index contributed by atoms with van der Waals surface area (Å²) in [5.41, 5.74) is 1.12. The number of carbonyl (C=O) groups is 1. The first-order valence-corrected chi connectivity index (χ1v) is 6.70. The Balaban J connectivity index is 2.16. The van der Waals surface area contributed by atoms with Crippen LogP contribution in [0.1, 0.15) is 40.7 Å². The first-order valence-electron chi connectivity index (χ1n) is 5.95. The van der Waals surface area contributed by atoms with Crippen molar-refractivity contribution < 1.29 is 9.21 Å². The van der Waals surface area contributed by atoms with Crippen molar-refractivity contribution in [1.29, 1.82) is 0 Å². The van der Waals surface area contributed by atoms with Crippen LogP contribution in [0, 0.1) is 13.8 Å². The van der Waals surface area contributed by atoms with Gasteiger partial charge in [0.15, 0.2) is 0 Å². The second-order valence-corrected chi connectivity index (χ2v) is 5.23. The second-order valence-electron chi connectivity index (χ2n) is 4.42. The molecule has 0 aliphatic carbocycles. The molecule has 7 heteroatoms. The maximum atomic E-state index is 12.1. The Bertz CT molecular complexity index is 632. The molecule has 0 bridgehead atoms. The summed E-state index contributed by atoms with van der Waals surface area (Å²) in [5.74, 6) is 0.486. The largest absolute Gasteiger partial charge is 0.423 e. The van der Waals surface area contributed by atoms with Crippen molar-refractivity contribution in [2.45, 2.75) is 26.8 Å². The Morgan fingerprint density at radius 1 is 1.25 bits per heavy atom. The topological polar surface area (TPSA) is 68.0 Å². The molecule has 0 aliphatic heterocycles. The van der Waals surface area contributed by atoms with Crippen molar-refractivity contribution in [3.05, 3.63) is 45.1 Å². The Morgan fingerprint density at radius 2 is 1.85 bits per heavy atom. The number of hydrogen-bond donors (Lipinski definition) is 1. The zero-order valence-corrected chi connectivity index (χ0v) is 12.7. The molecular formula is C13H13Cl2N3O2. The van der Waals surface area contributed by atoms with E-state index in [1.165, 1.54) is 0 Å². The number of aryl methyl sites for hydroxylation is 1. The Labute approximate surface area is 126 Å². The van der Waals surface area contributed by atoms with Crippen molar-refractivity contribution in [1.82, 2.24) is 15.5 Å². The molecule has 2 aromatic rings. The van der Waals surface area contributed by atoms with Gasteiger partial charge in [-0.3, -0.25) is 4.79 Å². The smallest absolute Gasteiger partial charge is 0.252 e. The van der Waals surface area contributed by atoms with Crippen LogP contribution in [-0.4, -0.2) is 16.1 Å². The van der Waals surface area contributed by atoms with Gasteiger partial charge in [0.2, 0.25) is 11.8 Å². The van der Waals surface area contributed by atoms with Gasteiger partial charge >= 0.3 is 0 Å². The van der Waals surface area contributed by atoms with Gasteiger partial charge in [0.25, 0.3) is 5.91 Å². The van der Waals surface area contributed by atoms with E-state index in [9.17, 15) is 4.79 Å². The minimum absolute atomic E-state index is 0.308. The van der Waals surface area contributed by atoms with Crippen LogP contribution in [0.25, 0.3) is 0 Å². The number of amides is 1. The summed E-state index contributed by atoms with van der Waals surface area (Å²) >= 11 is 12.0. The predicted octanol–water partition coefficient (Wildman–Crippen LogP) is 3.48. The molecule has 1 amide bonds. The second kappa shape index (κ2) is 5.81. The average molecular weight is 314 g/mol. The van der Waals surface area contributed by atoms with Crippen LogP contribution < -0.4 is 5.32 Å². The summed E-state index contributed by atoms with van der Waals surface area (Å²) in [5, 5.41) is 11.2. The van der Waals surface area contributed by atoms with E-state index in [2.05, 4.69) is 15.5 Å². The lowest BCUT2D eigenvalue weighted by atomic mass is 10.1. The van der Waals surface area contributed by atoms with Gasteiger partial charge in [-0.2, -0.15) is 0 Å². The van der Waals surface area contributed by atoms with E-state index in [4.69, 9.17) is 27.6 Å². The highest BCUT2D eigenvalue weighted by atomic mass is 35.5. The van der Waals surface area contributed by atoms with Crippen LogP contribution in [-0.2, 0) is 0 Å². The third kappa shape index (κ3) is 3.11. The summed E-state index contributed by atoms with van der Waals surface area (Å²) in [4.78, 5) is 12.1. The van der Waals surface area contributed by atoms with Crippen molar-refractivity contribution >= 4 is 29.1 Å². The summed E-state index contributed by atoms with van der Waals surface area (Å²) in [6.45, 7) is 5.23. The first kappa shape index (κ1) is 14.8. The molecule has 1 N–H and O–H groups in total. The van der Waals surface area contributed by atoms with Crippen LogP contribution in [0.15, 0.2) is 16.5 Å². The molecule has 5 nitrogen and oxygen atoms in total. The van der Waals surface area contributed by atoms with Crippen molar-refractivity contribution in [3.8, 4) is 0 Å². The summed E-state index contributed by atoms with van der Waals surface area (Å²) in [6, 6.07) is 2.75. The number of nitrogens with one attached hydrogen (secondary N) is 1. The molecule has 1 atom stereocenters. The van der Waals surface area contributed by atoms with Crippen LogP contribution in [0.4, 0.5) is 0 Å². The van der Waals surface area contributed by atoms with Crippen LogP contribution >= 0.6 is 23.2 Å². The normalized spacial score (nSPS) is 12.2. The molecule has 0 unspecified atom stereocenters. The molecule has 0 fully saturated rings. The zero-order valence-electron chi connectivity index (χ0n) is 11.2. The molecular weight excluding hydrogens is 301 g/mol. The third-order valence-electron chi connectivity index (χ3n) is 2.80. The monoisotopic (exact) mass is 313 g/mol. The lowest BCUT2D eigenvalue weighted by Gasteiger charge is -2.11. The van der Waals surface area contributed by atoms with Crippen molar-refractivity contribution in [2.75, 3.05) is 0 Å². The maximum Gasteiger partial charge on any atom is 0.252 e. The van der Waals surface area contributed by atoms with E-state index in [0.717, 1.165) is 5.56 Å². The van der Waals surface area contributed by atoms with Gasteiger partial charge in [0, 0.05) is 22.5 Å². The lowest BCUT2D eigenvalue weighted by molar-refractivity contribution is 0.0934. The number of carbonyl (C=O) groups excluding carboxylic acids is 1. The number of aromatic nitrogens is 2. The van der Waals surface area contributed by atoms with Gasteiger partial charge < -0.3 is 9.73 Å². The molecule has 0 saturated heterocycles. The highest BCUT2D eigenvalue weighted by Gasteiger charge is 2.17. The minimum Gasteiger partial charge on any atom is -0.423 e. The number of nitrogens with zero attached hydrogens (tertiary/aromatic N) is 2. The number of rotatable bonds is 3. The van der Waals surface area contributed by atoms with Crippen molar-refractivity contribution in [3.63, 3.8) is 0 Å². The lowest BCUT2D eigenvalue weighted by Crippen LogP contribution is -2.27. The highest BCUT2D eigenvalue weighted by molar-refractivity contribution is 6.36. The SMILES string of the molecule is Cc1nnc([C@@H](C)NC(=O)c2cc(Cl)c(C)c(Cl)c2)o1. The first-order chi connectivity index (χ1) is 9.38. The quantitative estimate of drug-likeness (QED) is 0.941. The molecule has 1 aromatic carbocycles. The van der Waals surface area contributed by atoms with Gasteiger partial charge in [-0.15, -0.1) is 10.2 Å². The van der Waals surface area contributed by atoms with Crippen LogP contribution in [0.2, 0.25) is 10.0 Å². The van der Waals surface area contributed by atoms with Crippen LogP contribution in [0.5, 0.6) is 0 Å². The van der Waals surface area contributed by atoms with E-state index >= 15 is 0 Å². The van der Waals surface area contributed by atoms with E-state index in [-0.39, 0.29) is 5.91 Å². The van der Waals surface area contributed by atoms with E-state index < -0.39 is 6.04 Å². The van der Waals surface area contributed by atoms with E-state index in [0.29, 0.717) is 27.4 Å². The van der Waals surface area contributed by atoms with Crippen LogP contribution in [0.3, 0.4) is 0 Å². The van der Waals surface area contributed by atoms with Gasteiger partial charge in [-0.25, -0.2) is 0 Å². The third-order valence-corrected chi connectivity index (χ3v) is 3.59. The predicted molar refractivity (Wildman–Crippen MR) is 76.1 cm³/mol. The standard InChI is InChI=1S/C13H13Cl2N3O2/c1-6-10(14)4-9(5-11(6)15)12(19)16-7(2)13-18-17-8(3)20-13/h4-5,7H,1-3H3,(H,16,19)/t7-/m1/s1. The van der Waals surface area contributed by atoms with Gasteiger partial charge in [-0.1, -0.05) is 23.2 Å². The number of hydrogen-bond acceptors (Lipinski definition) is 4. The fourth-order valence-corrected chi connectivity index (χ4v) is 2.09. The van der Waals surface area contributed by atoms with E-state index in [1.807, 2.05) is 0 Å². The molecule has 2 rings (SSSR count). The minimum atomic E-state index is -0.400. The van der Waals surface area contributed by atoms with Crippen molar-refractivity contribution in [2.24, 2.45) is 0 Å². The fourth-order valence-electron chi connectivity index (χ4n) is 1.60. The summed E-state index contributed by atoms with van der Waals surface area (Å²) in [7, 11) is 0. The average Bonchev–Trinajstić information content (AvgIpc) is 2.82. The maximum absolute atomic E-state index is 12.1. The molecule has 0 radical (unpaired) electrons. The van der Waals surface area contributed by atoms with Gasteiger partial charge in [0.05, 0.1) is 0 Å². The summed E-state index contributed by atoms with van der Waals surface area (Å²) < 4.78 is 5.26. The number of halogens is 2. The molecule has 0 spiro atoms. The molecule has 0 saturated carbocycles. The van der Waals surface area contributed by atoms with Gasteiger partial charge in [-0.05, 0) is 31.5 Å². The Hall–Kier alpha value is -1.59. The molecule has 20 heavy (non-hydrogen) atoms. The molecule has 0 aliphatic rings. The Morgan fingerprint density at radius 3 is 2.35 bits per heavy atom. The molecule has 106 valence electrons. The highest BCUT2D eigenvalue weighted by Crippen LogP contribution is 2.25. The Kier molecular flexibility index (Phi) is 4.30. The molecule has 1 aromatic heterocycles. The van der Waals surface area contributed by atoms with E-state index in [1.54, 1.807) is 32.9 Å². The molecule has 1 heterocycles. The zero-order chi connectivity index (χ0) is 14.9. The number of benzene rings is 1. The van der Waals surface area contributed by atoms with Gasteiger partial charge in [0.1, 0.15) is 6.04 Å². The summed E-state index contributed by atoms with van der Waals surface area (Å²) in [6.07, 6.45) is 0.